The number of amides is 1. The molecule has 2 aliphatic rings. The lowest BCUT2D eigenvalue weighted by atomic mass is 9.97. The SMILES string of the molecule is O=C(CN1CCC(c2nnc(C(F)(F)F)o2)CC1)Nc1ccc2c(c1)OCO2. The minimum Gasteiger partial charge on any atom is -0.454 e. The third-order valence-electron chi connectivity index (χ3n) is 4.64. The molecule has 0 radical (unpaired) electrons. The van der Waals surface area contributed by atoms with E-state index in [1.54, 1.807) is 18.2 Å². The van der Waals surface area contributed by atoms with Crippen molar-refractivity contribution in [1.82, 2.24) is 15.1 Å². The van der Waals surface area contributed by atoms with E-state index in [1.165, 1.54) is 0 Å². The largest absolute Gasteiger partial charge is 0.470 e. The summed E-state index contributed by atoms with van der Waals surface area (Å²) in [4.78, 5) is 14.2. The van der Waals surface area contributed by atoms with Crippen LogP contribution in [0.15, 0.2) is 22.6 Å². The molecule has 150 valence electrons. The number of fused-ring (bicyclic) bond motifs is 1. The highest BCUT2D eigenvalue weighted by atomic mass is 19.4. The summed E-state index contributed by atoms with van der Waals surface area (Å²) in [7, 11) is 0. The monoisotopic (exact) mass is 398 g/mol. The van der Waals surface area contributed by atoms with Crippen LogP contribution in [0.25, 0.3) is 0 Å². The molecule has 0 saturated carbocycles. The molecule has 2 aromatic rings. The van der Waals surface area contributed by atoms with Crippen LogP contribution >= 0.6 is 0 Å². The van der Waals surface area contributed by atoms with Crippen LogP contribution in [0.1, 0.15) is 30.5 Å². The summed E-state index contributed by atoms with van der Waals surface area (Å²) in [6.07, 6.45) is -3.56. The van der Waals surface area contributed by atoms with Crippen molar-refractivity contribution < 1.29 is 31.9 Å². The normalized spacial score (nSPS) is 17.7. The zero-order valence-corrected chi connectivity index (χ0v) is 14.7. The average molecular weight is 398 g/mol. The number of carbonyl (C=O) groups excluding carboxylic acids is 1. The minimum atomic E-state index is -4.64. The summed E-state index contributed by atoms with van der Waals surface area (Å²) in [5.74, 6) is -0.540. The molecule has 0 unspecified atom stereocenters. The Hall–Kier alpha value is -2.82. The van der Waals surface area contributed by atoms with Crippen LogP contribution in [-0.2, 0) is 11.0 Å². The summed E-state index contributed by atoms with van der Waals surface area (Å²) < 4.78 is 52.9. The van der Waals surface area contributed by atoms with Crippen LogP contribution in [0, 0.1) is 0 Å². The Balaban J connectivity index is 1.27. The Kier molecular flexibility index (Phi) is 4.84. The topological polar surface area (TPSA) is 89.7 Å². The van der Waals surface area contributed by atoms with Gasteiger partial charge in [-0.05, 0) is 38.1 Å². The van der Waals surface area contributed by atoms with E-state index in [4.69, 9.17) is 13.9 Å². The van der Waals surface area contributed by atoms with E-state index in [-0.39, 0.29) is 31.1 Å². The lowest BCUT2D eigenvalue weighted by molar-refractivity contribution is -0.157. The fourth-order valence-corrected chi connectivity index (χ4v) is 3.23. The molecule has 1 aromatic carbocycles. The lowest BCUT2D eigenvalue weighted by Gasteiger charge is -2.29. The fourth-order valence-electron chi connectivity index (χ4n) is 3.23. The van der Waals surface area contributed by atoms with Crippen LogP contribution < -0.4 is 14.8 Å². The predicted molar refractivity (Wildman–Crippen MR) is 88.9 cm³/mol. The Bertz CT molecular complexity index is 862. The first-order chi connectivity index (χ1) is 13.4. The Morgan fingerprint density at radius 2 is 1.93 bits per heavy atom. The first-order valence-corrected chi connectivity index (χ1v) is 8.71. The molecule has 0 spiro atoms. The highest BCUT2D eigenvalue weighted by molar-refractivity contribution is 5.92. The third-order valence-corrected chi connectivity index (χ3v) is 4.64. The van der Waals surface area contributed by atoms with Gasteiger partial charge in [0.1, 0.15) is 0 Å². The zero-order chi connectivity index (χ0) is 19.7. The number of ether oxygens (including phenoxy) is 2. The standard InChI is InChI=1S/C17H17F3N4O4/c18-17(19,20)16-23-22-15(28-16)10-3-5-24(6-4-10)8-14(25)21-11-1-2-12-13(7-11)27-9-26-12/h1-2,7,10H,3-6,8-9H2,(H,21,25). The van der Waals surface area contributed by atoms with Crippen LogP contribution in [0.2, 0.25) is 0 Å². The predicted octanol–water partition coefficient (Wildman–Crippen LogP) is 2.64. The van der Waals surface area contributed by atoms with E-state index in [0.29, 0.717) is 43.1 Å². The quantitative estimate of drug-likeness (QED) is 0.847. The molecule has 1 saturated heterocycles. The van der Waals surface area contributed by atoms with Gasteiger partial charge >= 0.3 is 12.1 Å². The average Bonchev–Trinajstić information content (AvgIpc) is 3.31. The van der Waals surface area contributed by atoms with Crippen LogP contribution in [0.3, 0.4) is 0 Å². The highest BCUT2D eigenvalue weighted by Crippen LogP contribution is 2.34. The molecule has 1 fully saturated rings. The van der Waals surface area contributed by atoms with Gasteiger partial charge in [-0.15, -0.1) is 10.2 Å². The first kappa shape index (κ1) is 18.5. The number of rotatable bonds is 4. The minimum absolute atomic E-state index is 0.00298. The van der Waals surface area contributed by atoms with Crippen molar-refractivity contribution in [3.8, 4) is 11.5 Å². The molecule has 1 amide bonds. The number of piperidine rings is 1. The van der Waals surface area contributed by atoms with Gasteiger partial charge in [0.15, 0.2) is 11.5 Å². The van der Waals surface area contributed by atoms with E-state index in [1.807, 2.05) is 4.90 Å². The molecule has 28 heavy (non-hydrogen) atoms. The number of hydrogen-bond acceptors (Lipinski definition) is 7. The number of benzene rings is 1. The first-order valence-electron chi connectivity index (χ1n) is 8.71. The van der Waals surface area contributed by atoms with Crippen molar-refractivity contribution in [2.24, 2.45) is 0 Å². The second-order valence-electron chi connectivity index (χ2n) is 6.61. The highest BCUT2D eigenvalue weighted by Gasteiger charge is 2.39. The van der Waals surface area contributed by atoms with E-state index in [9.17, 15) is 18.0 Å². The van der Waals surface area contributed by atoms with E-state index in [0.717, 1.165) is 0 Å². The molecule has 0 aliphatic carbocycles. The maximum atomic E-state index is 12.6. The number of halogens is 3. The molecule has 0 bridgehead atoms. The third kappa shape index (κ3) is 4.03. The molecular weight excluding hydrogens is 381 g/mol. The van der Waals surface area contributed by atoms with Crippen molar-refractivity contribution in [1.29, 1.82) is 0 Å². The van der Waals surface area contributed by atoms with Crippen molar-refractivity contribution >= 4 is 11.6 Å². The van der Waals surface area contributed by atoms with Gasteiger partial charge in [-0.25, -0.2) is 0 Å². The van der Waals surface area contributed by atoms with Gasteiger partial charge in [0.2, 0.25) is 18.6 Å². The molecule has 2 aliphatic heterocycles. The number of alkyl halides is 3. The van der Waals surface area contributed by atoms with Gasteiger partial charge in [-0.1, -0.05) is 0 Å². The number of likely N-dealkylation sites (tertiary alicyclic amines) is 1. The summed E-state index contributed by atoms with van der Waals surface area (Å²) in [6, 6.07) is 5.15. The number of nitrogens with one attached hydrogen (secondary N) is 1. The Morgan fingerprint density at radius 3 is 2.64 bits per heavy atom. The summed E-state index contributed by atoms with van der Waals surface area (Å²) >= 11 is 0. The fraction of sp³-hybridized carbons (Fsp3) is 0.471. The Labute approximate surface area is 157 Å². The smallest absolute Gasteiger partial charge is 0.454 e. The van der Waals surface area contributed by atoms with Crippen molar-refractivity contribution in [3.63, 3.8) is 0 Å². The Morgan fingerprint density at radius 1 is 1.18 bits per heavy atom. The number of nitrogens with zero attached hydrogens (tertiary/aromatic N) is 3. The van der Waals surface area contributed by atoms with Gasteiger partial charge in [-0.3, -0.25) is 9.69 Å². The number of anilines is 1. The zero-order valence-electron chi connectivity index (χ0n) is 14.7. The van der Waals surface area contributed by atoms with Crippen LogP contribution in [-0.4, -0.2) is 47.4 Å². The van der Waals surface area contributed by atoms with Crippen LogP contribution in [0.5, 0.6) is 11.5 Å². The lowest BCUT2D eigenvalue weighted by Crippen LogP contribution is -2.38. The van der Waals surface area contributed by atoms with E-state index < -0.39 is 12.1 Å². The molecule has 0 atom stereocenters. The molecule has 1 aromatic heterocycles. The molecule has 4 rings (SSSR count). The molecule has 3 heterocycles. The molecular formula is C17H17F3N4O4. The van der Waals surface area contributed by atoms with Gasteiger partial charge in [0, 0.05) is 17.7 Å². The van der Waals surface area contributed by atoms with Crippen molar-refractivity contribution in [3.05, 3.63) is 30.0 Å². The molecule has 1 N–H and O–H groups in total. The van der Waals surface area contributed by atoms with Crippen molar-refractivity contribution in [2.45, 2.75) is 24.9 Å². The van der Waals surface area contributed by atoms with Gasteiger partial charge in [0.05, 0.1) is 6.54 Å². The maximum absolute atomic E-state index is 12.6. The van der Waals surface area contributed by atoms with E-state index in [2.05, 4.69) is 15.5 Å². The summed E-state index contributed by atoms with van der Waals surface area (Å²) in [6.45, 7) is 1.43. The summed E-state index contributed by atoms with van der Waals surface area (Å²) in [5.41, 5.74) is 0.606. The number of carbonyl (C=O) groups is 1. The van der Waals surface area contributed by atoms with Crippen LogP contribution in [0.4, 0.5) is 18.9 Å². The maximum Gasteiger partial charge on any atom is 0.470 e. The van der Waals surface area contributed by atoms with Gasteiger partial charge in [0.25, 0.3) is 0 Å². The van der Waals surface area contributed by atoms with Gasteiger partial charge < -0.3 is 19.2 Å². The summed E-state index contributed by atoms with van der Waals surface area (Å²) in [5, 5.41) is 9.38. The number of hydrogen-bond donors (Lipinski definition) is 1. The molecule has 11 heteroatoms. The van der Waals surface area contributed by atoms with Gasteiger partial charge in [-0.2, -0.15) is 13.2 Å². The van der Waals surface area contributed by atoms with Crippen molar-refractivity contribution in [2.75, 3.05) is 31.7 Å². The molecule has 8 nitrogen and oxygen atoms in total. The number of aromatic nitrogens is 2. The van der Waals surface area contributed by atoms with E-state index >= 15 is 0 Å². The second kappa shape index (κ2) is 7.30. The second-order valence-corrected chi connectivity index (χ2v) is 6.61.